The van der Waals surface area contributed by atoms with E-state index in [0.29, 0.717) is 5.76 Å². The van der Waals surface area contributed by atoms with Gasteiger partial charge in [-0.15, -0.1) is 10.2 Å². The number of aromatic nitrogens is 4. The van der Waals surface area contributed by atoms with Gasteiger partial charge in [-0.1, -0.05) is 0 Å². The third kappa shape index (κ3) is 4.13. The highest BCUT2D eigenvalue weighted by molar-refractivity contribution is 5.77. The summed E-state index contributed by atoms with van der Waals surface area (Å²) in [7, 11) is 0. The molecule has 2 heterocycles. The molecule has 9 nitrogen and oxygen atoms in total. The smallest absolute Gasteiger partial charge is 0.305 e. The Morgan fingerprint density at radius 3 is 2.86 bits per heavy atom. The molecule has 2 rings (SSSR count). The second-order valence-corrected chi connectivity index (χ2v) is 5.12. The zero-order valence-electron chi connectivity index (χ0n) is 11.6. The topological polar surface area (TPSA) is 123 Å². The highest BCUT2D eigenvalue weighted by atomic mass is 16.4. The van der Waals surface area contributed by atoms with Crippen LogP contribution in [0.5, 0.6) is 0 Å². The summed E-state index contributed by atoms with van der Waals surface area (Å²) >= 11 is 0. The predicted molar refractivity (Wildman–Crippen MR) is 70.0 cm³/mol. The molecular formula is C12H15N5O4. The number of aliphatic carboxylic acids is 1. The van der Waals surface area contributed by atoms with Gasteiger partial charge in [-0.25, -0.2) is 0 Å². The van der Waals surface area contributed by atoms with E-state index >= 15 is 0 Å². The van der Waals surface area contributed by atoms with Crippen molar-refractivity contribution in [2.24, 2.45) is 0 Å². The van der Waals surface area contributed by atoms with Crippen LogP contribution in [0.3, 0.4) is 0 Å². The number of carbonyl (C=O) groups excluding carboxylic acids is 1. The van der Waals surface area contributed by atoms with Crippen LogP contribution in [-0.2, 0) is 16.1 Å². The van der Waals surface area contributed by atoms with Crippen LogP contribution in [0.1, 0.15) is 20.3 Å². The van der Waals surface area contributed by atoms with Crippen LogP contribution in [0.15, 0.2) is 22.8 Å². The summed E-state index contributed by atoms with van der Waals surface area (Å²) in [5, 5.41) is 22.9. The molecular weight excluding hydrogens is 278 g/mol. The van der Waals surface area contributed by atoms with Crippen molar-refractivity contribution in [3.8, 4) is 11.6 Å². The average Bonchev–Trinajstić information content (AvgIpc) is 2.94. The molecule has 0 atom stereocenters. The Kier molecular flexibility index (Phi) is 4.01. The molecule has 1 amide bonds. The van der Waals surface area contributed by atoms with Crippen molar-refractivity contribution in [2.75, 3.05) is 0 Å². The Labute approximate surface area is 119 Å². The first kappa shape index (κ1) is 14.7. The van der Waals surface area contributed by atoms with Gasteiger partial charge in [0.15, 0.2) is 5.76 Å². The minimum absolute atomic E-state index is 0.156. The van der Waals surface area contributed by atoms with Gasteiger partial charge in [0.05, 0.1) is 12.7 Å². The maximum atomic E-state index is 11.8. The molecule has 0 bridgehead atoms. The van der Waals surface area contributed by atoms with Crippen LogP contribution in [0.2, 0.25) is 0 Å². The van der Waals surface area contributed by atoms with E-state index in [-0.39, 0.29) is 18.8 Å². The number of nitrogens with one attached hydrogen (secondary N) is 1. The molecule has 0 unspecified atom stereocenters. The highest BCUT2D eigenvalue weighted by Gasteiger charge is 2.24. The number of amides is 1. The number of carbonyl (C=O) groups is 2. The molecule has 0 spiro atoms. The van der Waals surface area contributed by atoms with E-state index in [1.807, 2.05) is 0 Å². The molecule has 2 aromatic heterocycles. The van der Waals surface area contributed by atoms with E-state index in [2.05, 4.69) is 20.7 Å². The Hall–Kier alpha value is -2.71. The Morgan fingerprint density at radius 2 is 2.24 bits per heavy atom. The van der Waals surface area contributed by atoms with Crippen molar-refractivity contribution in [2.45, 2.75) is 32.4 Å². The van der Waals surface area contributed by atoms with Crippen molar-refractivity contribution in [1.82, 2.24) is 25.5 Å². The summed E-state index contributed by atoms with van der Waals surface area (Å²) < 4.78 is 5.12. The number of furan rings is 1. The molecule has 0 aliphatic carbocycles. The molecule has 2 N–H and O–H groups in total. The maximum Gasteiger partial charge on any atom is 0.305 e. The minimum atomic E-state index is -0.987. The molecule has 0 saturated carbocycles. The highest BCUT2D eigenvalue weighted by Crippen LogP contribution is 2.13. The maximum absolute atomic E-state index is 11.8. The summed E-state index contributed by atoms with van der Waals surface area (Å²) in [5.74, 6) is -0.658. The van der Waals surface area contributed by atoms with Crippen LogP contribution >= 0.6 is 0 Å². The van der Waals surface area contributed by atoms with Gasteiger partial charge in [0.25, 0.3) is 0 Å². The molecule has 9 heteroatoms. The lowest BCUT2D eigenvalue weighted by Crippen LogP contribution is -2.46. The van der Waals surface area contributed by atoms with Crippen molar-refractivity contribution < 1.29 is 19.1 Å². The standard InChI is InChI=1S/C12H15N5O4/c1-12(2,6-10(19)20)13-9(18)7-17-15-11(14-16-17)8-4-3-5-21-8/h3-5H,6-7H2,1-2H3,(H,13,18)(H,19,20). The molecule has 0 fully saturated rings. The average molecular weight is 293 g/mol. The number of carboxylic acids is 1. The van der Waals surface area contributed by atoms with Crippen LogP contribution in [0.25, 0.3) is 11.6 Å². The molecule has 2 aromatic rings. The van der Waals surface area contributed by atoms with Gasteiger partial charge < -0.3 is 14.8 Å². The predicted octanol–water partition coefficient (Wildman–Crippen LogP) is 0.303. The van der Waals surface area contributed by atoms with Gasteiger partial charge in [-0.2, -0.15) is 4.80 Å². The number of hydrogen-bond donors (Lipinski definition) is 2. The second-order valence-electron chi connectivity index (χ2n) is 5.12. The number of carboxylic acid groups (broad SMARTS) is 1. The molecule has 0 aliphatic rings. The van der Waals surface area contributed by atoms with Crippen molar-refractivity contribution >= 4 is 11.9 Å². The lowest BCUT2D eigenvalue weighted by Gasteiger charge is -2.23. The van der Waals surface area contributed by atoms with E-state index < -0.39 is 17.4 Å². The molecule has 21 heavy (non-hydrogen) atoms. The van der Waals surface area contributed by atoms with Gasteiger partial charge in [-0.05, 0) is 31.2 Å². The van der Waals surface area contributed by atoms with Gasteiger partial charge in [0.2, 0.25) is 11.7 Å². The van der Waals surface area contributed by atoms with Gasteiger partial charge in [-0.3, -0.25) is 9.59 Å². The van der Waals surface area contributed by atoms with Gasteiger partial charge >= 0.3 is 5.97 Å². The van der Waals surface area contributed by atoms with Crippen molar-refractivity contribution in [3.05, 3.63) is 18.4 Å². The molecule has 0 aromatic carbocycles. The first-order chi connectivity index (χ1) is 9.85. The largest absolute Gasteiger partial charge is 0.481 e. The van der Waals surface area contributed by atoms with Crippen LogP contribution < -0.4 is 5.32 Å². The van der Waals surface area contributed by atoms with Crippen molar-refractivity contribution in [1.29, 1.82) is 0 Å². The fourth-order valence-electron chi connectivity index (χ4n) is 1.78. The van der Waals surface area contributed by atoms with Crippen LogP contribution in [-0.4, -0.2) is 42.7 Å². The Morgan fingerprint density at radius 1 is 1.48 bits per heavy atom. The van der Waals surface area contributed by atoms with E-state index in [1.54, 1.807) is 26.0 Å². The van der Waals surface area contributed by atoms with E-state index in [9.17, 15) is 9.59 Å². The number of hydrogen-bond acceptors (Lipinski definition) is 6. The van der Waals surface area contributed by atoms with Gasteiger partial charge in [0.1, 0.15) is 6.54 Å². The zero-order chi connectivity index (χ0) is 15.5. The number of tetrazole rings is 1. The number of rotatable bonds is 6. The van der Waals surface area contributed by atoms with Crippen LogP contribution in [0.4, 0.5) is 0 Å². The summed E-state index contributed by atoms with van der Waals surface area (Å²) in [6.45, 7) is 3.10. The molecule has 0 radical (unpaired) electrons. The molecule has 0 saturated heterocycles. The minimum Gasteiger partial charge on any atom is -0.481 e. The SMILES string of the molecule is CC(C)(CC(=O)O)NC(=O)Cn1nnc(-c2ccco2)n1. The quantitative estimate of drug-likeness (QED) is 0.785. The third-order valence-corrected chi connectivity index (χ3v) is 2.55. The fraction of sp³-hybridized carbons (Fsp3) is 0.417. The lowest BCUT2D eigenvalue weighted by atomic mass is 10.0. The first-order valence-electron chi connectivity index (χ1n) is 6.20. The van der Waals surface area contributed by atoms with E-state index in [0.717, 1.165) is 4.80 Å². The summed E-state index contributed by atoms with van der Waals surface area (Å²) in [5.41, 5.74) is -0.854. The van der Waals surface area contributed by atoms with E-state index in [1.165, 1.54) is 6.26 Å². The zero-order valence-corrected chi connectivity index (χ0v) is 11.6. The van der Waals surface area contributed by atoms with Crippen LogP contribution in [0, 0.1) is 0 Å². The summed E-state index contributed by atoms with van der Waals surface area (Å²) in [6.07, 6.45) is 1.30. The summed E-state index contributed by atoms with van der Waals surface area (Å²) in [6, 6.07) is 3.37. The fourth-order valence-corrected chi connectivity index (χ4v) is 1.78. The lowest BCUT2D eigenvalue weighted by molar-refractivity contribution is -0.138. The third-order valence-electron chi connectivity index (χ3n) is 2.55. The Bertz CT molecular complexity index is 632. The second kappa shape index (κ2) is 5.73. The van der Waals surface area contributed by atoms with Crippen molar-refractivity contribution in [3.63, 3.8) is 0 Å². The first-order valence-corrected chi connectivity index (χ1v) is 6.20. The van der Waals surface area contributed by atoms with Gasteiger partial charge in [0, 0.05) is 5.54 Å². The molecule has 112 valence electrons. The molecule has 0 aliphatic heterocycles. The number of nitrogens with zero attached hydrogens (tertiary/aromatic N) is 4. The monoisotopic (exact) mass is 293 g/mol. The summed E-state index contributed by atoms with van der Waals surface area (Å²) in [4.78, 5) is 23.7. The Balaban J connectivity index is 1.96. The van der Waals surface area contributed by atoms with E-state index in [4.69, 9.17) is 9.52 Å². The normalized spacial score (nSPS) is 11.3.